The second-order valence-electron chi connectivity index (χ2n) is 4.32. The van der Waals surface area contributed by atoms with Crippen molar-refractivity contribution in [1.29, 1.82) is 0 Å². The van der Waals surface area contributed by atoms with Gasteiger partial charge in [-0.05, 0) is 48.4 Å². The van der Waals surface area contributed by atoms with Crippen LogP contribution in [0.25, 0.3) is 0 Å². The zero-order valence-corrected chi connectivity index (χ0v) is 10.9. The van der Waals surface area contributed by atoms with Gasteiger partial charge in [0.25, 0.3) is 0 Å². The minimum absolute atomic E-state index is 0.240. The lowest BCUT2D eigenvalue weighted by molar-refractivity contribution is 0.386. The molecule has 0 aliphatic heterocycles. The van der Waals surface area contributed by atoms with Crippen molar-refractivity contribution in [3.63, 3.8) is 0 Å². The van der Waals surface area contributed by atoms with Gasteiger partial charge in [0.1, 0.15) is 5.75 Å². The first-order valence-electron chi connectivity index (χ1n) is 5.96. The first kappa shape index (κ1) is 13.2. The highest BCUT2D eigenvalue weighted by Gasteiger charge is 2.03. The van der Waals surface area contributed by atoms with Gasteiger partial charge in [0.05, 0.1) is 7.11 Å². The van der Waals surface area contributed by atoms with E-state index in [9.17, 15) is 9.50 Å². The third-order valence-electron chi connectivity index (χ3n) is 2.91. The molecular formula is C15H16FNO2. The van der Waals surface area contributed by atoms with E-state index in [1.54, 1.807) is 18.2 Å². The van der Waals surface area contributed by atoms with Gasteiger partial charge in [0.15, 0.2) is 11.6 Å². The van der Waals surface area contributed by atoms with E-state index < -0.39 is 0 Å². The average Bonchev–Trinajstić information content (AvgIpc) is 2.40. The predicted molar refractivity (Wildman–Crippen MR) is 73.1 cm³/mol. The Kier molecular flexibility index (Phi) is 3.90. The summed E-state index contributed by atoms with van der Waals surface area (Å²) in [6, 6.07) is 10.1. The molecular weight excluding hydrogens is 245 g/mol. The standard InChI is InChI=1S/C15H16FNO2/c1-10-7-12(4-5-14(10)18)17-9-11-3-6-15(19-2)13(16)8-11/h3-8,17-18H,9H2,1-2H3. The van der Waals surface area contributed by atoms with E-state index in [0.717, 1.165) is 16.8 Å². The SMILES string of the molecule is COc1ccc(CNc2ccc(O)c(C)c2)cc1F. The molecule has 0 fully saturated rings. The number of nitrogens with one attached hydrogen (secondary N) is 1. The van der Waals surface area contributed by atoms with Gasteiger partial charge in [-0.15, -0.1) is 0 Å². The number of aromatic hydroxyl groups is 1. The maximum atomic E-state index is 13.5. The van der Waals surface area contributed by atoms with Crippen molar-refractivity contribution in [3.8, 4) is 11.5 Å². The summed E-state index contributed by atoms with van der Waals surface area (Å²) in [5.41, 5.74) is 2.50. The third kappa shape index (κ3) is 3.16. The zero-order chi connectivity index (χ0) is 13.8. The fourth-order valence-corrected chi connectivity index (χ4v) is 1.79. The van der Waals surface area contributed by atoms with Crippen LogP contribution in [-0.2, 0) is 6.54 Å². The summed E-state index contributed by atoms with van der Waals surface area (Å²) in [6.07, 6.45) is 0. The molecule has 0 atom stereocenters. The maximum absolute atomic E-state index is 13.5. The van der Waals surface area contributed by atoms with E-state index in [1.807, 2.05) is 19.1 Å². The molecule has 2 N–H and O–H groups in total. The molecule has 0 spiro atoms. The normalized spacial score (nSPS) is 10.3. The summed E-state index contributed by atoms with van der Waals surface area (Å²) in [5, 5.41) is 12.6. The second-order valence-corrected chi connectivity index (χ2v) is 4.32. The number of anilines is 1. The molecule has 0 saturated carbocycles. The predicted octanol–water partition coefficient (Wildman–Crippen LogP) is 3.46. The first-order chi connectivity index (χ1) is 9.10. The molecule has 2 rings (SSSR count). The van der Waals surface area contributed by atoms with Crippen molar-refractivity contribution in [3.05, 3.63) is 53.3 Å². The van der Waals surface area contributed by atoms with E-state index >= 15 is 0 Å². The van der Waals surface area contributed by atoms with Gasteiger partial charge in [0.2, 0.25) is 0 Å². The molecule has 2 aromatic carbocycles. The molecule has 0 unspecified atom stereocenters. The van der Waals surface area contributed by atoms with Crippen LogP contribution in [0, 0.1) is 12.7 Å². The number of benzene rings is 2. The van der Waals surface area contributed by atoms with Crippen molar-refractivity contribution < 1.29 is 14.2 Å². The molecule has 100 valence electrons. The molecule has 0 heterocycles. The minimum atomic E-state index is -0.372. The Hall–Kier alpha value is -2.23. The van der Waals surface area contributed by atoms with E-state index in [4.69, 9.17) is 4.74 Å². The van der Waals surface area contributed by atoms with Crippen molar-refractivity contribution >= 4 is 5.69 Å². The number of hydrogen-bond donors (Lipinski definition) is 2. The van der Waals surface area contributed by atoms with E-state index in [2.05, 4.69) is 5.32 Å². The van der Waals surface area contributed by atoms with Crippen molar-refractivity contribution in [2.75, 3.05) is 12.4 Å². The minimum Gasteiger partial charge on any atom is -0.508 e. The van der Waals surface area contributed by atoms with E-state index in [1.165, 1.54) is 13.2 Å². The summed E-state index contributed by atoms with van der Waals surface area (Å²) in [6.45, 7) is 2.33. The van der Waals surface area contributed by atoms with Gasteiger partial charge < -0.3 is 15.2 Å². The quantitative estimate of drug-likeness (QED) is 0.828. The van der Waals surface area contributed by atoms with Gasteiger partial charge in [-0.2, -0.15) is 0 Å². The van der Waals surface area contributed by atoms with Crippen LogP contribution >= 0.6 is 0 Å². The lowest BCUT2D eigenvalue weighted by atomic mass is 10.1. The highest BCUT2D eigenvalue weighted by molar-refractivity contribution is 5.50. The smallest absolute Gasteiger partial charge is 0.165 e. The molecule has 3 nitrogen and oxygen atoms in total. The highest BCUT2D eigenvalue weighted by Crippen LogP contribution is 2.22. The number of aryl methyl sites for hydroxylation is 1. The molecule has 0 aromatic heterocycles. The maximum Gasteiger partial charge on any atom is 0.165 e. The summed E-state index contributed by atoms with van der Waals surface area (Å²) in [5.74, 6) is 0.133. The molecule has 0 aliphatic carbocycles. The Morgan fingerprint density at radius 1 is 1.21 bits per heavy atom. The van der Waals surface area contributed by atoms with Crippen molar-refractivity contribution in [2.45, 2.75) is 13.5 Å². The first-order valence-corrected chi connectivity index (χ1v) is 5.96. The molecule has 0 bridgehead atoms. The Balaban J connectivity index is 2.05. The number of ether oxygens (including phenoxy) is 1. The van der Waals surface area contributed by atoms with Crippen LogP contribution < -0.4 is 10.1 Å². The fourth-order valence-electron chi connectivity index (χ4n) is 1.79. The molecule has 19 heavy (non-hydrogen) atoms. The summed E-state index contributed by atoms with van der Waals surface area (Å²) in [7, 11) is 1.44. The van der Waals surface area contributed by atoms with E-state index in [-0.39, 0.29) is 17.3 Å². The van der Waals surface area contributed by atoms with Gasteiger partial charge in [-0.3, -0.25) is 0 Å². The fraction of sp³-hybridized carbons (Fsp3) is 0.200. The largest absolute Gasteiger partial charge is 0.508 e. The van der Waals surface area contributed by atoms with Gasteiger partial charge in [-0.1, -0.05) is 6.07 Å². The van der Waals surface area contributed by atoms with Gasteiger partial charge in [0, 0.05) is 12.2 Å². The number of methoxy groups -OCH3 is 1. The lowest BCUT2D eigenvalue weighted by Gasteiger charge is -2.09. The number of phenolic OH excluding ortho intramolecular Hbond substituents is 1. The monoisotopic (exact) mass is 261 g/mol. The van der Waals surface area contributed by atoms with Crippen LogP contribution in [0.15, 0.2) is 36.4 Å². The molecule has 0 radical (unpaired) electrons. The number of phenols is 1. The average molecular weight is 261 g/mol. The third-order valence-corrected chi connectivity index (χ3v) is 2.91. The number of rotatable bonds is 4. The Labute approximate surface area is 111 Å². The van der Waals surface area contributed by atoms with E-state index in [0.29, 0.717) is 6.54 Å². The summed E-state index contributed by atoms with van der Waals surface area (Å²) >= 11 is 0. The second kappa shape index (κ2) is 5.61. The van der Waals surface area contributed by atoms with Crippen LogP contribution in [-0.4, -0.2) is 12.2 Å². The van der Waals surface area contributed by atoms with Crippen LogP contribution in [0.2, 0.25) is 0 Å². The van der Waals surface area contributed by atoms with Gasteiger partial charge in [-0.25, -0.2) is 4.39 Å². The Bertz CT molecular complexity index is 584. The van der Waals surface area contributed by atoms with Crippen LogP contribution in [0.3, 0.4) is 0 Å². The van der Waals surface area contributed by atoms with Crippen LogP contribution in [0.4, 0.5) is 10.1 Å². The Morgan fingerprint density at radius 3 is 2.63 bits per heavy atom. The van der Waals surface area contributed by atoms with Crippen LogP contribution in [0.5, 0.6) is 11.5 Å². The molecule has 0 saturated heterocycles. The molecule has 2 aromatic rings. The topological polar surface area (TPSA) is 41.5 Å². The lowest BCUT2D eigenvalue weighted by Crippen LogP contribution is -2.00. The molecule has 0 aliphatic rings. The van der Waals surface area contributed by atoms with Crippen molar-refractivity contribution in [1.82, 2.24) is 0 Å². The highest BCUT2D eigenvalue weighted by atomic mass is 19.1. The summed E-state index contributed by atoms with van der Waals surface area (Å²) in [4.78, 5) is 0. The zero-order valence-electron chi connectivity index (χ0n) is 10.9. The summed E-state index contributed by atoms with van der Waals surface area (Å²) < 4.78 is 18.4. The number of hydrogen-bond acceptors (Lipinski definition) is 3. The molecule has 0 amide bonds. The van der Waals surface area contributed by atoms with Gasteiger partial charge >= 0.3 is 0 Å². The van der Waals surface area contributed by atoms with Crippen LogP contribution in [0.1, 0.15) is 11.1 Å². The van der Waals surface area contributed by atoms with Crippen molar-refractivity contribution in [2.24, 2.45) is 0 Å². The number of halogens is 1. The Morgan fingerprint density at radius 2 is 2.00 bits per heavy atom. The molecule has 4 heteroatoms.